The zero-order chi connectivity index (χ0) is 25.5. The zero-order valence-corrected chi connectivity index (χ0v) is 21.6. The fraction of sp³-hybridized carbons (Fsp3) is 0.214. The van der Waals surface area contributed by atoms with Gasteiger partial charge < -0.3 is 9.47 Å². The standard InChI is InChI=1S/C28H26ClFN2O3S/c1-3-15-32-27(33)26(36-28(32)31-23-12-8-21(29)9-13-23)17-20-7-14-24(25(16-20)34-4-2)35-18-19-5-10-22(30)11-6-19/h5-14,16-17H,3-4,15,18H2,1-2H3/b26-17-,31-28?. The van der Waals surface area contributed by atoms with Gasteiger partial charge in [0.05, 0.1) is 17.2 Å². The maximum atomic E-state index is 13.2. The van der Waals surface area contributed by atoms with E-state index in [1.54, 1.807) is 29.2 Å². The molecule has 0 N–H and O–H groups in total. The summed E-state index contributed by atoms with van der Waals surface area (Å²) in [7, 11) is 0. The van der Waals surface area contributed by atoms with E-state index in [-0.39, 0.29) is 18.3 Å². The van der Waals surface area contributed by atoms with Crippen molar-refractivity contribution >= 4 is 46.2 Å². The Kier molecular flexibility index (Phi) is 8.67. The number of nitrogens with zero attached hydrogens (tertiary/aromatic N) is 2. The van der Waals surface area contributed by atoms with E-state index in [2.05, 4.69) is 4.99 Å². The molecule has 36 heavy (non-hydrogen) atoms. The van der Waals surface area contributed by atoms with E-state index in [9.17, 15) is 9.18 Å². The van der Waals surface area contributed by atoms with Gasteiger partial charge in [-0.3, -0.25) is 9.69 Å². The van der Waals surface area contributed by atoms with Crippen molar-refractivity contribution in [3.63, 3.8) is 0 Å². The molecule has 5 nitrogen and oxygen atoms in total. The lowest BCUT2D eigenvalue weighted by Gasteiger charge is -2.14. The van der Waals surface area contributed by atoms with Crippen molar-refractivity contribution in [1.29, 1.82) is 0 Å². The normalized spacial score (nSPS) is 15.7. The van der Waals surface area contributed by atoms with E-state index in [0.29, 0.717) is 39.7 Å². The molecular formula is C28H26ClFN2O3S. The Hall–Kier alpha value is -3.29. The average molecular weight is 525 g/mol. The van der Waals surface area contributed by atoms with E-state index in [1.165, 1.54) is 23.9 Å². The summed E-state index contributed by atoms with van der Waals surface area (Å²) in [4.78, 5) is 20.1. The van der Waals surface area contributed by atoms with E-state index in [0.717, 1.165) is 23.2 Å². The molecule has 1 saturated heterocycles. The zero-order valence-electron chi connectivity index (χ0n) is 20.0. The molecule has 1 aliphatic heterocycles. The molecular weight excluding hydrogens is 499 g/mol. The van der Waals surface area contributed by atoms with Gasteiger partial charge in [-0.05, 0) is 90.8 Å². The van der Waals surface area contributed by atoms with Crippen LogP contribution < -0.4 is 9.47 Å². The summed E-state index contributed by atoms with van der Waals surface area (Å²) in [6.45, 7) is 5.25. The average Bonchev–Trinajstić information content (AvgIpc) is 3.15. The second kappa shape index (κ2) is 12.1. The van der Waals surface area contributed by atoms with Crippen LogP contribution in [-0.2, 0) is 11.4 Å². The molecule has 1 amide bonds. The number of aliphatic imine (C=N–C) groups is 1. The molecule has 1 fully saturated rings. The van der Waals surface area contributed by atoms with Crippen LogP contribution in [0.15, 0.2) is 76.6 Å². The summed E-state index contributed by atoms with van der Waals surface area (Å²) in [5.41, 5.74) is 2.40. The minimum Gasteiger partial charge on any atom is -0.490 e. The number of benzene rings is 3. The van der Waals surface area contributed by atoms with Gasteiger partial charge in [0, 0.05) is 11.6 Å². The number of carbonyl (C=O) groups is 1. The Bertz CT molecular complexity index is 1280. The summed E-state index contributed by atoms with van der Waals surface area (Å²) in [5.74, 6) is 0.782. The second-order valence-corrected chi connectivity index (χ2v) is 9.44. The van der Waals surface area contributed by atoms with E-state index in [1.807, 2.05) is 50.3 Å². The predicted molar refractivity (Wildman–Crippen MR) is 144 cm³/mol. The van der Waals surface area contributed by atoms with Gasteiger partial charge in [-0.1, -0.05) is 36.7 Å². The van der Waals surface area contributed by atoms with Gasteiger partial charge in [-0.25, -0.2) is 9.38 Å². The number of thioether (sulfide) groups is 1. The van der Waals surface area contributed by atoms with Gasteiger partial charge in [-0.15, -0.1) is 0 Å². The fourth-order valence-electron chi connectivity index (χ4n) is 3.53. The Labute approximate surface area is 219 Å². The number of hydrogen-bond donors (Lipinski definition) is 0. The quantitative estimate of drug-likeness (QED) is 0.272. The highest BCUT2D eigenvalue weighted by Gasteiger charge is 2.32. The molecule has 4 rings (SSSR count). The predicted octanol–water partition coefficient (Wildman–Crippen LogP) is 7.47. The number of halogens is 2. The summed E-state index contributed by atoms with van der Waals surface area (Å²) in [5, 5.41) is 1.27. The highest BCUT2D eigenvalue weighted by Crippen LogP contribution is 2.36. The van der Waals surface area contributed by atoms with Crippen LogP contribution in [0.25, 0.3) is 6.08 Å². The van der Waals surface area contributed by atoms with Crippen molar-refractivity contribution in [3.05, 3.63) is 93.6 Å². The number of amidine groups is 1. The van der Waals surface area contributed by atoms with Gasteiger partial charge in [0.1, 0.15) is 12.4 Å². The van der Waals surface area contributed by atoms with Crippen molar-refractivity contribution in [1.82, 2.24) is 4.90 Å². The molecule has 1 aliphatic rings. The first-order chi connectivity index (χ1) is 17.5. The van der Waals surface area contributed by atoms with Crippen LogP contribution in [0.5, 0.6) is 11.5 Å². The molecule has 0 aliphatic carbocycles. The smallest absolute Gasteiger partial charge is 0.266 e. The van der Waals surface area contributed by atoms with Gasteiger partial charge in [-0.2, -0.15) is 0 Å². The van der Waals surface area contributed by atoms with Crippen LogP contribution in [0.4, 0.5) is 10.1 Å². The molecule has 0 unspecified atom stereocenters. The third-order valence-electron chi connectivity index (χ3n) is 5.26. The van der Waals surface area contributed by atoms with Gasteiger partial charge in [0.15, 0.2) is 16.7 Å². The topological polar surface area (TPSA) is 51.1 Å². The molecule has 0 aromatic heterocycles. The molecule has 1 heterocycles. The van der Waals surface area contributed by atoms with Crippen molar-refractivity contribution in [3.8, 4) is 11.5 Å². The molecule has 0 radical (unpaired) electrons. The van der Waals surface area contributed by atoms with Crippen LogP contribution >= 0.6 is 23.4 Å². The number of hydrogen-bond acceptors (Lipinski definition) is 5. The number of ether oxygens (including phenoxy) is 2. The highest BCUT2D eigenvalue weighted by molar-refractivity contribution is 8.18. The van der Waals surface area contributed by atoms with Crippen LogP contribution in [0.1, 0.15) is 31.4 Å². The van der Waals surface area contributed by atoms with Crippen molar-refractivity contribution in [2.45, 2.75) is 26.9 Å². The fourth-order valence-corrected chi connectivity index (χ4v) is 4.68. The lowest BCUT2D eigenvalue weighted by Crippen LogP contribution is -2.29. The number of carbonyl (C=O) groups excluding carboxylic acids is 1. The van der Waals surface area contributed by atoms with Gasteiger partial charge in [0.25, 0.3) is 5.91 Å². The lowest BCUT2D eigenvalue weighted by atomic mass is 10.1. The summed E-state index contributed by atoms with van der Waals surface area (Å²) in [6.07, 6.45) is 2.65. The van der Waals surface area contributed by atoms with Gasteiger partial charge >= 0.3 is 0 Å². The number of rotatable bonds is 9. The first-order valence-corrected chi connectivity index (χ1v) is 12.9. The Morgan fingerprint density at radius 3 is 2.44 bits per heavy atom. The Morgan fingerprint density at radius 1 is 1.00 bits per heavy atom. The molecule has 8 heteroatoms. The second-order valence-electron chi connectivity index (χ2n) is 7.99. The lowest BCUT2D eigenvalue weighted by molar-refractivity contribution is -0.122. The Morgan fingerprint density at radius 2 is 1.75 bits per heavy atom. The van der Waals surface area contributed by atoms with Crippen LogP contribution in [0, 0.1) is 5.82 Å². The molecule has 0 bridgehead atoms. The van der Waals surface area contributed by atoms with Crippen molar-refractivity contribution in [2.75, 3.05) is 13.2 Å². The first-order valence-electron chi connectivity index (χ1n) is 11.7. The summed E-state index contributed by atoms with van der Waals surface area (Å²) >= 11 is 7.33. The van der Waals surface area contributed by atoms with E-state index >= 15 is 0 Å². The minimum atomic E-state index is -0.288. The van der Waals surface area contributed by atoms with Crippen molar-refractivity contribution < 1.29 is 18.7 Å². The monoisotopic (exact) mass is 524 g/mol. The summed E-state index contributed by atoms with van der Waals surface area (Å²) in [6, 6.07) is 18.9. The van der Waals surface area contributed by atoms with E-state index < -0.39 is 0 Å². The SMILES string of the molecule is CCCN1C(=O)/C(=C/c2ccc(OCc3ccc(F)cc3)c(OCC)c2)SC1=Nc1ccc(Cl)cc1. The first kappa shape index (κ1) is 25.8. The van der Waals surface area contributed by atoms with Crippen LogP contribution in [0.2, 0.25) is 5.02 Å². The minimum absolute atomic E-state index is 0.0795. The number of amides is 1. The molecule has 3 aromatic rings. The van der Waals surface area contributed by atoms with Gasteiger partial charge in [0.2, 0.25) is 0 Å². The van der Waals surface area contributed by atoms with Crippen LogP contribution in [-0.4, -0.2) is 29.1 Å². The third kappa shape index (κ3) is 6.47. The summed E-state index contributed by atoms with van der Waals surface area (Å²) < 4.78 is 24.9. The maximum Gasteiger partial charge on any atom is 0.266 e. The third-order valence-corrected chi connectivity index (χ3v) is 6.52. The molecule has 0 atom stereocenters. The molecule has 3 aromatic carbocycles. The maximum absolute atomic E-state index is 13.2. The molecule has 0 saturated carbocycles. The van der Waals surface area contributed by atoms with E-state index in [4.69, 9.17) is 21.1 Å². The highest BCUT2D eigenvalue weighted by atomic mass is 35.5. The molecule has 186 valence electrons. The largest absolute Gasteiger partial charge is 0.490 e. The Balaban J connectivity index is 1.56. The van der Waals surface area contributed by atoms with Crippen LogP contribution in [0.3, 0.4) is 0 Å². The van der Waals surface area contributed by atoms with Crippen molar-refractivity contribution in [2.24, 2.45) is 4.99 Å². The molecule has 0 spiro atoms.